The summed E-state index contributed by atoms with van der Waals surface area (Å²) < 4.78 is 43.1. The lowest BCUT2D eigenvalue weighted by Crippen LogP contribution is -2.63. The van der Waals surface area contributed by atoms with Gasteiger partial charge in [0.15, 0.2) is 24.6 Å². The lowest BCUT2D eigenvalue weighted by molar-refractivity contribution is -0.309. The second-order valence-corrected chi connectivity index (χ2v) is 7.65. The third kappa shape index (κ3) is 11.8. The average Bonchev–Trinajstić information content (AvgIpc) is 2.71. The van der Waals surface area contributed by atoms with Crippen molar-refractivity contribution in [3.05, 3.63) is 0 Å². The van der Waals surface area contributed by atoms with E-state index in [0.717, 1.165) is 26.1 Å². The van der Waals surface area contributed by atoms with Gasteiger partial charge in [0.1, 0.15) is 12.7 Å². The molecule has 0 radical (unpaired) electrons. The van der Waals surface area contributed by atoms with E-state index in [0.29, 0.717) is 19.8 Å². The van der Waals surface area contributed by atoms with Gasteiger partial charge in [-0.05, 0) is 0 Å². The zero-order valence-electron chi connectivity index (χ0n) is 19.1. The maximum atomic E-state index is 11.8. The van der Waals surface area contributed by atoms with E-state index >= 15 is 0 Å². The van der Waals surface area contributed by atoms with Gasteiger partial charge in [-0.2, -0.15) is 0 Å². The van der Waals surface area contributed by atoms with Crippen LogP contribution in [-0.2, 0) is 57.1 Å². The van der Waals surface area contributed by atoms with Crippen LogP contribution in [0.2, 0.25) is 0 Å². The van der Waals surface area contributed by atoms with Crippen LogP contribution in [0, 0.1) is 0 Å². The first-order chi connectivity index (χ1) is 15.6. The monoisotopic (exact) mass is 542 g/mol. The van der Waals surface area contributed by atoms with Gasteiger partial charge in [0.25, 0.3) is 0 Å². The fourth-order valence-corrected chi connectivity index (χ4v) is 3.15. The Morgan fingerprint density at radius 3 is 1.76 bits per heavy atom. The molecule has 1 aliphatic rings. The molecule has 0 bridgehead atoms. The second kappa shape index (κ2) is 15.9. The highest BCUT2D eigenvalue weighted by Gasteiger charge is 2.52. The third-order valence-corrected chi connectivity index (χ3v) is 4.38. The van der Waals surface area contributed by atoms with Crippen LogP contribution in [0.5, 0.6) is 0 Å². The second-order valence-electron chi connectivity index (χ2n) is 6.85. The molecule has 0 aromatic carbocycles. The molecule has 0 spiro atoms. The lowest BCUT2D eigenvalue weighted by Gasteiger charge is -2.44. The first-order valence-electron chi connectivity index (χ1n) is 10.3. The van der Waals surface area contributed by atoms with Crippen molar-refractivity contribution >= 4 is 39.8 Å². The minimum atomic E-state index is -1.27. The normalized spacial score (nSPS) is 24.6. The Labute approximate surface area is 200 Å². The molecular formula is C20H31BrO12. The minimum Gasteiger partial charge on any atom is -0.463 e. The molecule has 0 unspecified atom stereocenters. The molecule has 13 heteroatoms. The predicted molar refractivity (Wildman–Crippen MR) is 113 cm³/mol. The van der Waals surface area contributed by atoms with Crippen LogP contribution in [0.25, 0.3) is 0 Å². The summed E-state index contributed by atoms with van der Waals surface area (Å²) in [5.74, 6) is -2.72. The zero-order chi connectivity index (χ0) is 24.8. The number of carbonyl (C=O) groups is 4. The van der Waals surface area contributed by atoms with Gasteiger partial charge in [-0.25, -0.2) is 0 Å². The van der Waals surface area contributed by atoms with E-state index in [4.69, 9.17) is 37.9 Å². The molecule has 33 heavy (non-hydrogen) atoms. The van der Waals surface area contributed by atoms with Crippen molar-refractivity contribution in [2.45, 2.75) is 58.4 Å². The molecule has 0 N–H and O–H groups in total. The van der Waals surface area contributed by atoms with Crippen molar-refractivity contribution in [2.75, 3.05) is 45.0 Å². The highest BCUT2D eigenvalue weighted by molar-refractivity contribution is 9.09. The van der Waals surface area contributed by atoms with Gasteiger partial charge in [0.2, 0.25) is 0 Å². The molecule has 0 amide bonds. The van der Waals surface area contributed by atoms with Crippen molar-refractivity contribution in [2.24, 2.45) is 0 Å². The molecule has 190 valence electrons. The predicted octanol–water partition coefficient (Wildman–Crippen LogP) is 0.514. The Balaban J connectivity index is 2.95. The quantitative estimate of drug-likeness (QED) is 0.130. The summed E-state index contributed by atoms with van der Waals surface area (Å²) in [7, 11) is 0. The highest BCUT2D eigenvalue weighted by atomic mass is 79.9. The van der Waals surface area contributed by atoms with Crippen LogP contribution in [0.1, 0.15) is 27.7 Å². The number of ether oxygens (including phenoxy) is 8. The Kier molecular flexibility index (Phi) is 14.1. The number of hydrogen-bond donors (Lipinski definition) is 0. The number of alkyl halides is 1. The SMILES string of the molecule is CC(=O)OC[C@H]1O[C@H](OCCOCCOCCBr)[C@@H](OC(C)=O)[C@@H](OC(C)=O)[C@@H]1OC(C)=O. The van der Waals surface area contributed by atoms with Gasteiger partial charge in [0.05, 0.1) is 33.0 Å². The molecule has 0 saturated carbocycles. The van der Waals surface area contributed by atoms with E-state index in [9.17, 15) is 19.2 Å². The molecular weight excluding hydrogens is 512 g/mol. The smallest absolute Gasteiger partial charge is 0.303 e. The Bertz CT molecular complexity index is 643. The van der Waals surface area contributed by atoms with Crippen molar-refractivity contribution in [1.82, 2.24) is 0 Å². The number of carbonyl (C=O) groups excluding carboxylic acids is 4. The van der Waals surface area contributed by atoms with E-state index < -0.39 is 54.6 Å². The number of esters is 4. The van der Waals surface area contributed by atoms with Crippen molar-refractivity contribution < 1.29 is 57.1 Å². The van der Waals surface area contributed by atoms with Crippen LogP contribution in [0.4, 0.5) is 0 Å². The van der Waals surface area contributed by atoms with Gasteiger partial charge in [-0.1, -0.05) is 15.9 Å². The fraction of sp³-hybridized carbons (Fsp3) is 0.800. The van der Waals surface area contributed by atoms with Crippen LogP contribution in [-0.4, -0.2) is 99.6 Å². The van der Waals surface area contributed by atoms with E-state index in [1.54, 1.807) is 0 Å². The molecule has 5 atom stereocenters. The molecule has 1 saturated heterocycles. The van der Waals surface area contributed by atoms with Crippen molar-refractivity contribution in [3.63, 3.8) is 0 Å². The molecule has 0 aromatic heterocycles. The lowest BCUT2D eigenvalue weighted by atomic mass is 9.98. The van der Waals surface area contributed by atoms with E-state index in [1.807, 2.05) is 0 Å². The molecule has 1 aliphatic heterocycles. The number of hydrogen-bond acceptors (Lipinski definition) is 12. The first kappa shape index (κ1) is 29.2. The van der Waals surface area contributed by atoms with E-state index in [2.05, 4.69) is 15.9 Å². The summed E-state index contributed by atoms with van der Waals surface area (Å²) in [6.45, 7) is 5.84. The van der Waals surface area contributed by atoms with Gasteiger partial charge in [-0.15, -0.1) is 0 Å². The highest BCUT2D eigenvalue weighted by Crippen LogP contribution is 2.29. The summed E-state index contributed by atoms with van der Waals surface area (Å²) >= 11 is 3.25. The Morgan fingerprint density at radius 2 is 1.21 bits per heavy atom. The van der Waals surface area contributed by atoms with Crippen LogP contribution in [0.15, 0.2) is 0 Å². The van der Waals surface area contributed by atoms with Gasteiger partial charge >= 0.3 is 23.9 Å². The van der Waals surface area contributed by atoms with Gasteiger partial charge in [-0.3, -0.25) is 19.2 Å². The maximum absolute atomic E-state index is 11.8. The van der Waals surface area contributed by atoms with Crippen LogP contribution < -0.4 is 0 Å². The molecule has 12 nitrogen and oxygen atoms in total. The summed E-state index contributed by atoms with van der Waals surface area (Å²) in [6.07, 6.45) is -6.03. The van der Waals surface area contributed by atoms with Gasteiger partial charge in [0, 0.05) is 33.0 Å². The molecule has 0 aromatic rings. The fourth-order valence-electron chi connectivity index (χ4n) is 2.92. The molecule has 0 aliphatic carbocycles. The van der Waals surface area contributed by atoms with Gasteiger partial charge < -0.3 is 37.9 Å². The number of rotatable bonds is 14. The summed E-state index contributed by atoms with van der Waals surface area (Å²) in [5, 5.41) is 0.721. The molecule has 1 fully saturated rings. The van der Waals surface area contributed by atoms with Crippen LogP contribution in [0.3, 0.4) is 0 Å². The standard InChI is InChI=1S/C20H31BrO12/c1-12(22)29-11-16-17(30-13(2)23)18(31-14(3)24)19(32-15(4)25)20(33-16)28-10-9-27-8-7-26-6-5-21/h16-20H,5-11H2,1-4H3/t16-,17-,18+,19+,20+/m1/s1. The topological polar surface area (TPSA) is 142 Å². The first-order valence-corrected chi connectivity index (χ1v) is 11.4. The van der Waals surface area contributed by atoms with E-state index in [-0.39, 0.29) is 19.8 Å². The van der Waals surface area contributed by atoms with E-state index in [1.165, 1.54) is 6.92 Å². The largest absolute Gasteiger partial charge is 0.463 e. The maximum Gasteiger partial charge on any atom is 0.303 e. The summed E-state index contributed by atoms with van der Waals surface area (Å²) in [6, 6.07) is 0. The average molecular weight is 543 g/mol. The Morgan fingerprint density at radius 1 is 0.697 bits per heavy atom. The van der Waals surface area contributed by atoms with Crippen LogP contribution >= 0.6 is 15.9 Å². The van der Waals surface area contributed by atoms with Crippen molar-refractivity contribution in [3.8, 4) is 0 Å². The molecule has 1 heterocycles. The minimum absolute atomic E-state index is 0.0339. The third-order valence-electron chi connectivity index (χ3n) is 4.05. The summed E-state index contributed by atoms with van der Waals surface area (Å²) in [5.41, 5.74) is 0. The summed E-state index contributed by atoms with van der Waals surface area (Å²) in [4.78, 5) is 46.5. The number of halogens is 1. The van der Waals surface area contributed by atoms with Crippen molar-refractivity contribution in [1.29, 1.82) is 0 Å². The Hall–Kier alpha value is -1.80. The zero-order valence-corrected chi connectivity index (χ0v) is 20.7. The molecule has 1 rings (SSSR count).